The highest BCUT2D eigenvalue weighted by atomic mass is 16.5. The summed E-state index contributed by atoms with van der Waals surface area (Å²) in [6, 6.07) is 22.4. The first kappa shape index (κ1) is 20.2. The van der Waals surface area contributed by atoms with Crippen LogP contribution in [-0.4, -0.2) is 20.9 Å². The summed E-state index contributed by atoms with van der Waals surface area (Å²) in [6.45, 7) is 4.27. The molecule has 0 bridgehead atoms. The number of aryl methyl sites for hydroxylation is 1. The van der Waals surface area contributed by atoms with Gasteiger partial charge in [0.2, 0.25) is 5.88 Å². The summed E-state index contributed by atoms with van der Waals surface area (Å²) >= 11 is 0. The summed E-state index contributed by atoms with van der Waals surface area (Å²) in [6.07, 6.45) is 1.70. The molecule has 6 nitrogen and oxygen atoms in total. The molecule has 4 rings (SSSR count). The van der Waals surface area contributed by atoms with Crippen LogP contribution in [-0.2, 0) is 6.54 Å². The number of ether oxygens (including phenoxy) is 1. The van der Waals surface area contributed by atoms with E-state index in [-0.39, 0.29) is 5.91 Å². The molecule has 0 saturated carbocycles. The second-order valence-electron chi connectivity index (χ2n) is 7.08. The molecule has 2 aromatic carbocycles. The predicted octanol–water partition coefficient (Wildman–Crippen LogP) is 4.88. The smallest absolute Gasteiger partial charge is 0.251 e. The van der Waals surface area contributed by atoms with E-state index in [4.69, 9.17) is 4.74 Å². The van der Waals surface area contributed by atoms with Crippen molar-refractivity contribution in [2.75, 3.05) is 0 Å². The molecule has 0 aliphatic heterocycles. The molecular formula is C25H22N4O2. The summed E-state index contributed by atoms with van der Waals surface area (Å²) in [7, 11) is 0. The molecule has 1 amide bonds. The lowest BCUT2D eigenvalue weighted by Gasteiger charge is -2.12. The Morgan fingerprint density at radius 1 is 0.935 bits per heavy atom. The quantitative estimate of drug-likeness (QED) is 0.490. The number of nitrogens with zero attached hydrogens (tertiary/aromatic N) is 3. The van der Waals surface area contributed by atoms with Gasteiger partial charge in [-0.3, -0.25) is 9.78 Å². The van der Waals surface area contributed by atoms with Crippen molar-refractivity contribution in [3.8, 4) is 23.1 Å². The molecule has 154 valence electrons. The Kier molecular flexibility index (Phi) is 5.98. The van der Waals surface area contributed by atoms with E-state index in [1.807, 2.05) is 62.4 Å². The third kappa shape index (κ3) is 4.93. The van der Waals surface area contributed by atoms with E-state index < -0.39 is 0 Å². The molecule has 6 heteroatoms. The molecule has 0 atom stereocenters. The maximum Gasteiger partial charge on any atom is 0.251 e. The van der Waals surface area contributed by atoms with E-state index in [9.17, 15) is 4.79 Å². The van der Waals surface area contributed by atoms with Gasteiger partial charge in [0, 0.05) is 29.6 Å². The Morgan fingerprint density at radius 2 is 1.74 bits per heavy atom. The van der Waals surface area contributed by atoms with Crippen molar-refractivity contribution in [1.29, 1.82) is 0 Å². The van der Waals surface area contributed by atoms with E-state index in [0.717, 1.165) is 16.8 Å². The summed E-state index contributed by atoms with van der Waals surface area (Å²) < 4.78 is 6.05. The van der Waals surface area contributed by atoms with Crippen LogP contribution in [0.5, 0.6) is 11.6 Å². The van der Waals surface area contributed by atoms with E-state index in [1.54, 1.807) is 30.5 Å². The van der Waals surface area contributed by atoms with Crippen LogP contribution in [0, 0.1) is 13.8 Å². The number of amides is 1. The SMILES string of the molecule is Cc1nc(-c2ccccn2)nc(Oc2cccc(C(=O)NCc3ccccc3)c2)c1C. The largest absolute Gasteiger partial charge is 0.439 e. The maximum atomic E-state index is 12.6. The van der Waals surface area contributed by atoms with Crippen molar-refractivity contribution in [3.05, 3.63) is 101 Å². The highest BCUT2D eigenvalue weighted by Gasteiger charge is 2.13. The van der Waals surface area contributed by atoms with Gasteiger partial charge in [0.15, 0.2) is 5.82 Å². The van der Waals surface area contributed by atoms with Crippen LogP contribution in [0.25, 0.3) is 11.5 Å². The molecule has 0 aliphatic carbocycles. The highest BCUT2D eigenvalue weighted by molar-refractivity contribution is 5.94. The molecule has 0 radical (unpaired) electrons. The zero-order valence-corrected chi connectivity index (χ0v) is 17.4. The second kappa shape index (κ2) is 9.17. The van der Waals surface area contributed by atoms with Gasteiger partial charge < -0.3 is 10.1 Å². The van der Waals surface area contributed by atoms with Crippen LogP contribution in [0.1, 0.15) is 27.2 Å². The first-order valence-electron chi connectivity index (χ1n) is 9.97. The number of carbonyl (C=O) groups is 1. The van der Waals surface area contributed by atoms with Crippen molar-refractivity contribution in [3.63, 3.8) is 0 Å². The van der Waals surface area contributed by atoms with Gasteiger partial charge in [-0.25, -0.2) is 4.98 Å². The number of benzene rings is 2. The Balaban J connectivity index is 1.53. The van der Waals surface area contributed by atoms with Gasteiger partial charge in [-0.05, 0) is 49.7 Å². The van der Waals surface area contributed by atoms with Gasteiger partial charge in [-0.15, -0.1) is 0 Å². The number of pyridine rings is 1. The van der Waals surface area contributed by atoms with Crippen molar-refractivity contribution in [1.82, 2.24) is 20.3 Å². The molecule has 2 heterocycles. The van der Waals surface area contributed by atoms with Crippen LogP contribution >= 0.6 is 0 Å². The molecule has 0 aliphatic rings. The monoisotopic (exact) mass is 410 g/mol. The molecule has 2 aromatic heterocycles. The zero-order chi connectivity index (χ0) is 21.6. The Morgan fingerprint density at radius 3 is 2.52 bits per heavy atom. The number of carbonyl (C=O) groups excluding carboxylic acids is 1. The fourth-order valence-electron chi connectivity index (χ4n) is 3.00. The Bertz CT molecular complexity index is 1190. The topological polar surface area (TPSA) is 77.0 Å². The zero-order valence-electron chi connectivity index (χ0n) is 17.4. The third-order valence-corrected chi connectivity index (χ3v) is 4.85. The van der Waals surface area contributed by atoms with Crippen LogP contribution in [0.15, 0.2) is 79.0 Å². The fraction of sp³-hybridized carbons (Fsp3) is 0.120. The molecule has 4 aromatic rings. The number of hydrogen-bond donors (Lipinski definition) is 1. The predicted molar refractivity (Wildman–Crippen MR) is 119 cm³/mol. The molecule has 1 N–H and O–H groups in total. The van der Waals surface area contributed by atoms with Crippen LogP contribution in [0.3, 0.4) is 0 Å². The van der Waals surface area contributed by atoms with E-state index in [0.29, 0.717) is 35.3 Å². The lowest BCUT2D eigenvalue weighted by Crippen LogP contribution is -2.22. The summed E-state index contributed by atoms with van der Waals surface area (Å²) in [5.74, 6) is 1.30. The lowest BCUT2D eigenvalue weighted by molar-refractivity contribution is 0.0950. The average Bonchev–Trinajstić information content (AvgIpc) is 2.82. The average molecular weight is 410 g/mol. The summed E-state index contributed by atoms with van der Waals surface area (Å²) in [5, 5.41) is 2.93. The van der Waals surface area contributed by atoms with Gasteiger partial charge in [0.1, 0.15) is 11.4 Å². The molecule has 31 heavy (non-hydrogen) atoms. The minimum Gasteiger partial charge on any atom is -0.439 e. The Hall–Kier alpha value is -4.06. The van der Waals surface area contributed by atoms with Crippen LogP contribution in [0.2, 0.25) is 0 Å². The van der Waals surface area contributed by atoms with Crippen molar-refractivity contribution in [2.24, 2.45) is 0 Å². The number of nitrogens with one attached hydrogen (secondary N) is 1. The Labute approximate surface area is 181 Å². The normalized spacial score (nSPS) is 10.5. The third-order valence-electron chi connectivity index (χ3n) is 4.85. The van der Waals surface area contributed by atoms with E-state index in [1.165, 1.54) is 0 Å². The standard InChI is InChI=1S/C25H22N4O2/c1-17-18(2)28-23(22-13-6-7-14-26-22)29-25(17)31-21-12-8-11-20(15-21)24(30)27-16-19-9-4-3-5-10-19/h3-15H,16H2,1-2H3,(H,27,30). The maximum absolute atomic E-state index is 12.6. The minimum atomic E-state index is -0.168. The number of rotatable bonds is 6. The van der Waals surface area contributed by atoms with Crippen molar-refractivity contribution in [2.45, 2.75) is 20.4 Å². The van der Waals surface area contributed by atoms with E-state index >= 15 is 0 Å². The van der Waals surface area contributed by atoms with Crippen LogP contribution in [0.4, 0.5) is 0 Å². The summed E-state index contributed by atoms with van der Waals surface area (Å²) in [5.41, 5.74) is 3.87. The van der Waals surface area contributed by atoms with Crippen LogP contribution < -0.4 is 10.1 Å². The molecular weight excluding hydrogens is 388 g/mol. The van der Waals surface area contributed by atoms with Crippen molar-refractivity contribution < 1.29 is 9.53 Å². The van der Waals surface area contributed by atoms with Gasteiger partial charge in [-0.2, -0.15) is 4.98 Å². The number of hydrogen-bond acceptors (Lipinski definition) is 5. The number of aromatic nitrogens is 3. The molecule has 0 fully saturated rings. The fourth-order valence-corrected chi connectivity index (χ4v) is 3.00. The minimum absolute atomic E-state index is 0.168. The summed E-state index contributed by atoms with van der Waals surface area (Å²) in [4.78, 5) is 26.0. The lowest BCUT2D eigenvalue weighted by atomic mass is 10.2. The van der Waals surface area contributed by atoms with Gasteiger partial charge in [0.05, 0.1) is 0 Å². The second-order valence-corrected chi connectivity index (χ2v) is 7.08. The van der Waals surface area contributed by atoms with Gasteiger partial charge in [-0.1, -0.05) is 42.5 Å². The molecule has 0 unspecified atom stereocenters. The highest BCUT2D eigenvalue weighted by Crippen LogP contribution is 2.27. The molecule has 0 spiro atoms. The first-order chi connectivity index (χ1) is 15.1. The van der Waals surface area contributed by atoms with Crippen molar-refractivity contribution >= 4 is 5.91 Å². The first-order valence-corrected chi connectivity index (χ1v) is 9.97. The van der Waals surface area contributed by atoms with E-state index in [2.05, 4.69) is 20.3 Å². The van der Waals surface area contributed by atoms with Gasteiger partial charge >= 0.3 is 0 Å². The van der Waals surface area contributed by atoms with Gasteiger partial charge in [0.25, 0.3) is 5.91 Å². The molecule has 0 saturated heterocycles.